The summed E-state index contributed by atoms with van der Waals surface area (Å²) in [7, 11) is 2.46. The maximum atomic E-state index is 15.3. The molecule has 4 saturated carbocycles. The molecule has 128 heavy (non-hydrogen) atoms. The molecule has 39 heteroatoms. The fourth-order valence-corrected chi connectivity index (χ4v) is 14.1. The summed E-state index contributed by atoms with van der Waals surface area (Å²) in [5.41, 5.74) is 9.57. The van der Waals surface area contributed by atoms with Crippen LogP contribution in [0.4, 0.5) is 54.8 Å². The van der Waals surface area contributed by atoms with Crippen LogP contribution in [0, 0.1) is 53.9 Å². The van der Waals surface area contributed by atoms with Crippen LogP contribution >= 0.6 is 28.3 Å². The van der Waals surface area contributed by atoms with Gasteiger partial charge in [0.05, 0.1) is 85.6 Å². The number of nitrogen functional groups attached to an aromatic ring is 1. The van der Waals surface area contributed by atoms with E-state index >= 15 is 4.39 Å². The molecule has 4 atom stereocenters. The molecule has 15 rings (SSSR count). The number of alkyl halides is 1. The van der Waals surface area contributed by atoms with Crippen LogP contribution in [0.1, 0.15) is 192 Å². The molecule has 4 fully saturated rings. The summed E-state index contributed by atoms with van der Waals surface area (Å²) in [6.07, 6.45) is 34.7. The smallest absolute Gasteiger partial charge is 1.00 e. The number of benzene rings is 5. The number of anilines is 4. The molecule has 4 aliphatic carbocycles. The number of ketones is 1. The van der Waals surface area contributed by atoms with Crippen LogP contribution < -0.4 is 217 Å². The number of H-pyrrole nitrogens is 1. The maximum Gasteiger partial charge on any atom is 1.00 e. The average Bonchev–Trinajstić information content (AvgIpc) is 1.70. The number of fused-ring (bicyclic) bond motifs is 1. The van der Waals surface area contributed by atoms with Crippen LogP contribution in [-0.2, 0) is 30.3 Å². The molecule has 666 valence electrons. The third-order valence-corrected chi connectivity index (χ3v) is 21.5. The van der Waals surface area contributed by atoms with Crippen LogP contribution in [-0.4, -0.2) is 109 Å². The number of ether oxygens (including phenoxy) is 3. The zero-order valence-corrected chi connectivity index (χ0v) is 89.5. The van der Waals surface area contributed by atoms with Crippen LogP contribution in [0.3, 0.4) is 0 Å². The summed E-state index contributed by atoms with van der Waals surface area (Å²) in [5.74, 6) is 1.02. The number of nitrogens with one attached hydrogen (secondary N) is 4. The number of aromatic nitrogens is 11. The van der Waals surface area contributed by atoms with Gasteiger partial charge in [0.1, 0.15) is 40.4 Å². The number of aryl methyl sites for hydroxylation is 1. The van der Waals surface area contributed by atoms with Crippen molar-refractivity contribution < 1.29 is 240 Å². The number of Topliss-reactive ketones (excluding diaryl/α,β-unsaturated/α-hetero) is 1. The average molecular weight is 2100 g/mol. The van der Waals surface area contributed by atoms with E-state index in [2.05, 4.69) is 81.2 Å². The van der Waals surface area contributed by atoms with Crippen LogP contribution in [0.15, 0.2) is 203 Å². The van der Waals surface area contributed by atoms with Gasteiger partial charge in [-0.15, -0.1) is 12.4 Å². The third kappa shape index (κ3) is 35.6. The number of nitrogens with two attached hydrogens (primary N) is 1. The quantitative estimate of drug-likeness (QED) is 0.00389. The maximum absolute atomic E-state index is 15.3. The molecular weight excluding hydrogens is 2000 g/mol. The minimum Gasteiger partial charge on any atom is -1.00 e. The van der Waals surface area contributed by atoms with Gasteiger partial charge in [-0.1, -0.05) is 104 Å². The van der Waals surface area contributed by atoms with Crippen molar-refractivity contribution in [2.45, 2.75) is 165 Å². The van der Waals surface area contributed by atoms with Gasteiger partial charge in [0.15, 0.2) is 5.78 Å². The summed E-state index contributed by atoms with van der Waals surface area (Å²) in [6.45, 7) is 6.93. The van der Waals surface area contributed by atoms with Gasteiger partial charge in [-0.2, -0.15) is 5.10 Å². The van der Waals surface area contributed by atoms with E-state index in [9.17, 15) is 51.5 Å². The molecule has 7 N–H and O–H groups in total. The summed E-state index contributed by atoms with van der Waals surface area (Å²) < 4.78 is 77.0. The Kier molecular flexibility index (Phi) is 47.8. The van der Waals surface area contributed by atoms with E-state index in [4.69, 9.17) is 20.5 Å². The SMILES string of the molecule is COC(=O)Nc1cc(C(Br)CCC2CC2)ccc1F.COC(=O)Nc1cc(C(CCC2CC2)n2ccncc2=O)ccc1F.Cc1cc(C(=O)Cc2cc(C(CCC3CC3)n3ccncc3=O)ccc2F)n(-c2ccc3ccnc(NC(=O)OC(C)(C)C)c3c2)n1.Cl.Nc1cc(C(CCC2CC2)n2ccncc2=O)ccc1F.O=CO[O-].O=c1cncc[nH]1.[Cs+].[Cs+].[H-].[Na+].[OH-]. The number of aromatic amines is 1. The second-order valence-electron chi connectivity index (χ2n) is 31.1. The number of nitrogens with zero attached hydrogens (tertiary/aromatic N) is 10. The monoisotopic (exact) mass is 2100 g/mol. The van der Waals surface area contributed by atoms with Crippen molar-refractivity contribution in [3.8, 4) is 5.69 Å². The van der Waals surface area contributed by atoms with Crippen molar-refractivity contribution in [2.75, 3.05) is 35.9 Å². The van der Waals surface area contributed by atoms with Gasteiger partial charge in [0.25, 0.3) is 28.7 Å². The number of carbonyl (C=O) groups excluding carboxylic acids is 5. The molecular formula is C89H100BrClCs2F4N15NaO15. The predicted molar refractivity (Wildman–Crippen MR) is 465 cm³/mol. The number of pyridine rings is 1. The first-order valence-corrected chi connectivity index (χ1v) is 41.0. The van der Waals surface area contributed by atoms with Crippen molar-refractivity contribution in [1.82, 2.24) is 53.4 Å². The Morgan fingerprint density at radius 3 is 1.45 bits per heavy atom. The number of carbonyl (C=O) groups is 5. The van der Waals surface area contributed by atoms with Crippen LogP contribution in [0.5, 0.6) is 0 Å². The van der Waals surface area contributed by atoms with Crippen molar-refractivity contribution in [3.05, 3.63) is 288 Å². The second-order valence-corrected chi connectivity index (χ2v) is 32.2. The Balaban J connectivity index is 0.000000362. The molecule has 4 unspecified atom stereocenters. The van der Waals surface area contributed by atoms with E-state index in [-0.39, 0.29) is 279 Å². The van der Waals surface area contributed by atoms with Gasteiger partial charge in [-0.25, -0.2) is 41.6 Å². The number of hydrogen-bond donors (Lipinski definition) is 5. The molecule has 6 aromatic heterocycles. The molecule has 4 aliphatic rings. The first-order valence-electron chi connectivity index (χ1n) is 40.1. The first kappa shape index (κ1) is 111. The zero-order chi connectivity index (χ0) is 88.3. The fraction of sp³-hybridized carbons (Fsp3) is 0.360. The molecule has 0 saturated heterocycles. The first-order chi connectivity index (χ1) is 59.1. The van der Waals surface area contributed by atoms with Crippen molar-refractivity contribution in [1.29, 1.82) is 0 Å². The number of amides is 3. The third-order valence-electron chi connectivity index (χ3n) is 20.6. The molecule has 3 amide bonds. The zero-order valence-electron chi connectivity index (χ0n) is 73.5. The van der Waals surface area contributed by atoms with Crippen LogP contribution in [0.25, 0.3) is 16.5 Å². The van der Waals surface area contributed by atoms with E-state index in [1.54, 1.807) is 145 Å². The Labute approximate surface area is 892 Å². The topological polar surface area (TPSA) is 419 Å². The Bertz CT molecular complexity index is 5720. The summed E-state index contributed by atoms with van der Waals surface area (Å²) in [6, 6.07) is 27.0. The van der Waals surface area contributed by atoms with E-state index in [1.165, 1.54) is 138 Å². The standard InChI is InChI=1S/C36H37FN6O4.C18H20FN3O3.C16H18FN3O.C14H17BrFNO2.C4H4N2O.CH2O3.ClH.2Cs.Na.H2O.H/c1-22-17-31(43(41-22)27-10-8-24-13-14-39-34(28(24)20-27)40-35(46)47-36(2,3)4)32(44)19-26-18-25(9-11-29(26)37)30(12-7-23-5-6-23)42-16-15-38-21-33(42)45;1-25-18(24)21-15-10-13(5-6-14(15)19)16(7-4-12-2-3-12)22-9-8-20-11-17(22)23;17-13-5-4-12(9-14(13)18)15(6-3-11-1-2-11)20-8-7-19-10-16(20)21;1-19-14(18)17-13-8-10(5-7-12(13)16)11(15)6-4-9-2-3-9;7-4-3-5-1-2-6-4;2-1-4-3;;;;;;/h8-11,13-18,20-21,23,30H,5-7,12,19H2,1-4H3,(H,39,40,46);5-6,8-12,16H,2-4,7H2,1H3,(H,21,24);4-5,7-11,15H,1-3,6,18H2;5,7-9,11H,2-4,6H2,1H3,(H,17,18);1-3H,(H,6,7);1,3H;1H;;;;1H2;/q;;;;;;;3*+1;;-1/p-2. The molecule has 30 nitrogen and oxygen atoms in total. The molecule has 0 spiro atoms. The summed E-state index contributed by atoms with van der Waals surface area (Å²) in [4.78, 5) is 129. The Hall–Kier alpha value is -7.50. The van der Waals surface area contributed by atoms with Gasteiger partial charge < -0.3 is 55.7 Å². The molecule has 0 radical (unpaired) electrons. The van der Waals surface area contributed by atoms with Gasteiger partial charge in [-0.3, -0.25) is 64.7 Å². The van der Waals surface area contributed by atoms with Gasteiger partial charge in [0.2, 0.25) is 0 Å². The number of halogens is 6. The largest absolute Gasteiger partial charge is 1.00 e. The van der Waals surface area contributed by atoms with Gasteiger partial charge in [0, 0.05) is 72.4 Å². The van der Waals surface area contributed by atoms with Crippen molar-refractivity contribution in [2.24, 2.45) is 23.7 Å². The fourth-order valence-electron chi connectivity index (χ4n) is 13.6. The van der Waals surface area contributed by atoms with Gasteiger partial charge in [-0.05, 0) is 203 Å². The Morgan fingerprint density at radius 2 is 1.02 bits per heavy atom. The number of rotatable bonds is 27. The second kappa shape index (κ2) is 55.1. The van der Waals surface area contributed by atoms with Crippen LogP contribution in [0.2, 0.25) is 0 Å². The normalized spacial score (nSPS) is 13.6. The van der Waals surface area contributed by atoms with E-state index in [0.717, 1.165) is 84.4 Å². The summed E-state index contributed by atoms with van der Waals surface area (Å²) in [5, 5.41) is 21.9. The number of hydrogen-bond acceptors (Lipinski definition) is 22. The molecule has 6 heterocycles. The molecule has 0 bridgehead atoms. The van der Waals surface area contributed by atoms with E-state index in [1.807, 2.05) is 18.2 Å². The molecule has 5 aromatic carbocycles. The molecule has 11 aromatic rings. The minimum atomic E-state index is -0.744. The van der Waals surface area contributed by atoms with Gasteiger partial charge >= 0.3 is 186 Å². The van der Waals surface area contributed by atoms with Crippen molar-refractivity contribution in [3.63, 3.8) is 0 Å². The predicted octanol–water partition coefficient (Wildman–Crippen LogP) is 7.27. The molecule has 0 aliphatic heterocycles. The van der Waals surface area contributed by atoms with E-state index < -0.39 is 47.1 Å². The summed E-state index contributed by atoms with van der Waals surface area (Å²) >= 11 is 3.62. The van der Waals surface area contributed by atoms with Crippen molar-refractivity contribution >= 4 is 92.5 Å². The Morgan fingerprint density at radius 1 is 0.586 bits per heavy atom. The van der Waals surface area contributed by atoms with E-state index in [0.29, 0.717) is 34.4 Å². The number of methoxy groups -OCH3 is 2. The minimum absolute atomic E-state index is 0.